The largest absolute Gasteiger partial charge is 0.456 e. The fraction of sp³-hybridized carbons (Fsp3) is 1.00. The van der Waals surface area contributed by atoms with Gasteiger partial charge in [-0.1, -0.05) is 99.7 Å². The average molecular weight is 431 g/mol. The van der Waals surface area contributed by atoms with Gasteiger partial charge in [-0.3, -0.25) is 0 Å². The summed E-state index contributed by atoms with van der Waals surface area (Å²) in [7, 11) is -4.97. The van der Waals surface area contributed by atoms with Crippen molar-refractivity contribution in [2.24, 2.45) is 0 Å². The summed E-state index contributed by atoms with van der Waals surface area (Å²) in [5.74, 6) is 0. The first kappa shape index (κ1) is 27.6. The van der Waals surface area contributed by atoms with Crippen molar-refractivity contribution < 1.29 is 8.69 Å². The minimum atomic E-state index is -1.71. The van der Waals surface area contributed by atoms with Crippen molar-refractivity contribution in [3.63, 3.8) is 0 Å². The van der Waals surface area contributed by atoms with Crippen molar-refractivity contribution >= 4 is 31.3 Å². The predicted molar refractivity (Wildman–Crippen MR) is 133 cm³/mol. The van der Waals surface area contributed by atoms with Crippen molar-refractivity contribution in [3.05, 3.63) is 0 Å². The zero-order valence-electron chi connectivity index (χ0n) is 20.4. The zero-order chi connectivity index (χ0) is 21.0. The molecule has 0 aliphatic rings. The Morgan fingerprint density at radius 3 is 0.852 bits per heavy atom. The summed E-state index contributed by atoms with van der Waals surface area (Å²) in [4.78, 5) is 0. The second-order valence-electron chi connectivity index (χ2n) is 9.80. The molecule has 0 aromatic heterocycles. The summed E-state index contributed by atoms with van der Waals surface area (Å²) in [5, 5.41) is 0. The summed E-state index contributed by atoms with van der Waals surface area (Å²) < 4.78 is 14.5. The molecular weight excluding hydrogens is 379 g/mol. The Kier molecular flexibility index (Phi) is 14.1. The monoisotopic (exact) mass is 430 g/mol. The van der Waals surface area contributed by atoms with Crippen LogP contribution in [0.15, 0.2) is 0 Å². The van der Waals surface area contributed by atoms with E-state index in [4.69, 9.17) is 8.69 Å². The van der Waals surface area contributed by atoms with Crippen LogP contribution in [0.1, 0.15) is 80.1 Å². The van der Waals surface area contributed by atoms with Gasteiger partial charge in [-0.25, -0.2) is 0 Å². The van der Waals surface area contributed by atoms with Crippen LogP contribution in [0.2, 0.25) is 55.9 Å². The lowest BCUT2D eigenvalue weighted by atomic mass is 10.4. The molecule has 2 nitrogen and oxygen atoms in total. The Bertz CT molecular complexity index is 313. The standard InChI is InChI=1S/C21H51BO2Si3/c1-10-16-26(17-11-2,18-12-3)23-22(25(7,8)9)24-27(19-13-4,20-14-5)21-15-6/h10-21H2,1-9H3. The van der Waals surface area contributed by atoms with Gasteiger partial charge in [0.15, 0.2) is 16.6 Å². The highest BCUT2D eigenvalue weighted by atomic mass is 28.4. The van der Waals surface area contributed by atoms with E-state index in [1.54, 1.807) is 0 Å². The van der Waals surface area contributed by atoms with E-state index < -0.39 is 24.6 Å². The van der Waals surface area contributed by atoms with Gasteiger partial charge < -0.3 is 8.69 Å². The van der Waals surface area contributed by atoms with Crippen LogP contribution in [0, 0.1) is 0 Å². The van der Waals surface area contributed by atoms with Crippen LogP contribution in [0.3, 0.4) is 0 Å². The molecule has 0 amide bonds. The van der Waals surface area contributed by atoms with Gasteiger partial charge in [0, 0.05) is 0 Å². The maximum Gasteiger partial charge on any atom is 0.410 e. The topological polar surface area (TPSA) is 18.5 Å². The first-order valence-electron chi connectivity index (χ1n) is 12.0. The van der Waals surface area contributed by atoms with Crippen LogP contribution in [0.5, 0.6) is 0 Å². The summed E-state index contributed by atoms with van der Waals surface area (Å²) in [6, 6.07) is 7.85. The molecule has 0 rings (SSSR count). The third-order valence-electron chi connectivity index (χ3n) is 5.65. The number of hydrogen-bond donors (Lipinski definition) is 0. The third kappa shape index (κ3) is 9.79. The van der Waals surface area contributed by atoms with Gasteiger partial charge in [0.05, 0.1) is 7.94 Å². The van der Waals surface area contributed by atoms with Crippen LogP contribution in [0.4, 0.5) is 0 Å². The van der Waals surface area contributed by atoms with E-state index in [-0.39, 0.29) is 6.71 Å². The molecule has 27 heavy (non-hydrogen) atoms. The second-order valence-corrected chi connectivity index (χ2v) is 23.2. The lowest BCUT2D eigenvalue weighted by Gasteiger charge is -2.43. The van der Waals surface area contributed by atoms with Gasteiger partial charge in [0.1, 0.15) is 0 Å². The Labute approximate surface area is 175 Å². The summed E-state index contributed by atoms with van der Waals surface area (Å²) in [6.45, 7) is 21.5. The number of hydrogen-bond acceptors (Lipinski definition) is 2. The molecule has 0 fully saturated rings. The molecule has 0 unspecified atom stereocenters. The minimum Gasteiger partial charge on any atom is -0.456 e. The van der Waals surface area contributed by atoms with Gasteiger partial charge in [-0.15, -0.1) is 0 Å². The van der Waals surface area contributed by atoms with Crippen molar-refractivity contribution in [2.75, 3.05) is 0 Å². The molecule has 0 heterocycles. The highest BCUT2D eigenvalue weighted by Crippen LogP contribution is 2.34. The fourth-order valence-corrected chi connectivity index (χ4v) is 17.8. The zero-order valence-corrected chi connectivity index (χ0v) is 23.4. The van der Waals surface area contributed by atoms with E-state index in [1.807, 2.05) is 0 Å². The summed E-state index contributed by atoms with van der Waals surface area (Å²) in [6.07, 6.45) is 7.54. The van der Waals surface area contributed by atoms with Crippen LogP contribution in [-0.4, -0.2) is 31.3 Å². The molecule has 162 valence electrons. The first-order chi connectivity index (χ1) is 12.7. The van der Waals surface area contributed by atoms with Crippen LogP contribution < -0.4 is 0 Å². The van der Waals surface area contributed by atoms with E-state index in [1.165, 1.54) is 74.8 Å². The Balaban J connectivity index is 5.79. The lowest BCUT2D eigenvalue weighted by Crippen LogP contribution is -2.60. The highest BCUT2D eigenvalue weighted by molar-refractivity contribution is 7.29. The average Bonchev–Trinajstić information content (AvgIpc) is 2.55. The van der Waals surface area contributed by atoms with Crippen LogP contribution in [-0.2, 0) is 8.69 Å². The van der Waals surface area contributed by atoms with E-state index in [0.717, 1.165) is 0 Å². The quantitative estimate of drug-likeness (QED) is 0.216. The fourth-order valence-electron chi connectivity index (χ4n) is 4.67. The third-order valence-corrected chi connectivity index (χ3v) is 17.7. The molecule has 0 saturated heterocycles. The van der Waals surface area contributed by atoms with Crippen molar-refractivity contribution in [3.8, 4) is 0 Å². The Morgan fingerprint density at radius 1 is 0.481 bits per heavy atom. The highest BCUT2D eigenvalue weighted by Gasteiger charge is 2.47. The van der Waals surface area contributed by atoms with E-state index in [2.05, 4.69) is 61.2 Å². The smallest absolute Gasteiger partial charge is 0.410 e. The molecule has 0 saturated carbocycles. The van der Waals surface area contributed by atoms with Gasteiger partial charge in [-0.2, -0.15) is 0 Å². The summed E-state index contributed by atoms with van der Waals surface area (Å²) >= 11 is 0. The van der Waals surface area contributed by atoms with E-state index in [0.29, 0.717) is 0 Å². The van der Waals surface area contributed by atoms with Gasteiger partial charge in [0.25, 0.3) is 0 Å². The summed E-state index contributed by atoms with van der Waals surface area (Å²) in [5.41, 5.74) is 0. The molecule has 6 heteroatoms. The molecule has 0 atom stereocenters. The second kappa shape index (κ2) is 13.8. The first-order valence-corrected chi connectivity index (χ1v) is 20.7. The molecule has 0 bridgehead atoms. The van der Waals surface area contributed by atoms with Crippen molar-refractivity contribution in [2.45, 2.75) is 136 Å². The van der Waals surface area contributed by atoms with E-state index in [9.17, 15) is 0 Å². The Hall–Kier alpha value is 0.636. The van der Waals surface area contributed by atoms with Crippen molar-refractivity contribution in [1.29, 1.82) is 0 Å². The number of rotatable bonds is 17. The Morgan fingerprint density at radius 2 is 0.704 bits per heavy atom. The molecule has 0 aliphatic heterocycles. The normalized spacial score (nSPS) is 13.2. The van der Waals surface area contributed by atoms with Gasteiger partial charge in [0.2, 0.25) is 0 Å². The maximum absolute atomic E-state index is 7.23. The molecule has 0 radical (unpaired) electrons. The maximum atomic E-state index is 7.23. The molecular formula is C21H51BO2Si3. The van der Waals surface area contributed by atoms with Gasteiger partial charge >= 0.3 is 6.71 Å². The molecule has 0 aromatic rings. The van der Waals surface area contributed by atoms with Crippen LogP contribution in [0.25, 0.3) is 0 Å². The van der Waals surface area contributed by atoms with Crippen LogP contribution >= 0.6 is 0 Å². The van der Waals surface area contributed by atoms with Gasteiger partial charge in [-0.05, 0) is 36.3 Å². The SMILES string of the molecule is CCC[Si](CCC)(CCC)OB(O[Si](CCC)(CCC)CCC)[Si](C)(C)C. The lowest BCUT2D eigenvalue weighted by molar-refractivity contribution is 0.412. The predicted octanol–water partition coefficient (Wildman–Crippen LogP) is 8.28. The van der Waals surface area contributed by atoms with Crippen molar-refractivity contribution in [1.82, 2.24) is 0 Å². The minimum absolute atomic E-state index is 0.116. The van der Waals surface area contributed by atoms with E-state index >= 15 is 0 Å². The molecule has 0 aromatic carbocycles. The molecule has 0 N–H and O–H groups in total. The molecule has 0 aliphatic carbocycles. The molecule has 0 spiro atoms.